The van der Waals surface area contributed by atoms with Gasteiger partial charge in [-0.05, 0) is 116 Å². The van der Waals surface area contributed by atoms with Gasteiger partial charge in [0.2, 0.25) is 0 Å². The number of aliphatic hydroxyl groups is 1. The Kier molecular flexibility index (Phi) is 7.55. The van der Waals surface area contributed by atoms with Gasteiger partial charge in [-0.15, -0.1) is 0 Å². The van der Waals surface area contributed by atoms with E-state index in [1.165, 1.54) is 0 Å². The fourth-order valence-electron chi connectivity index (χ4n) is 9.77. The summed E-state index contributed by atoms with van der Waals surface area (Å²) in [5.74, 6) is 7.06. The molecule has 38 heavy (non-hydrogen) atoms. The lowest BCUT2D eigenvalue weighted by Gasteiger charge is -2.62. The minimum atomic E-state index is -0.708. The summed E-state index contributed by atoms with van der Waals surface area (Å²) in [4.78, 5) is 29.0. The first-order valence-electron chi connectivity index (χ1n) is 14.6. The van der Waals surface area contributed by atoms with Crippen molar-refractivity contribution in [1.82, 2.24) is 0 Å². The molecule has 0 spiro atoms. The molecular formula is C31H45NO6. The molecule has 1 aromatic rings. The second kappa shape index (κ2) is 10.5. The van der Waals surface area contributed by atoms with E-state index in [-0.39, 0.29) is 29.5 Å². The van der Waals surface area contributed by atoms with Crippen LogP contribution in [0.5, 0.6) is 5.75 Å². The molecule has 0 heterocycles. The second-order valence-electron chi connectivity index (χ2n) is 13.3. The van der Waals surface area contributed by atoms with Gasteiger partial charge in [-0.1, -0.05) is 32.9 Å². The molecular weight excluding hydrogens is 482 g/mol. The van der Waals surface area contributed by atoms with Crippen LogP contribution < -0.4 is 10.7 Å². The number of carbonyl (C=O) groups is 2. The summed E-state index contributed by atoms with van der Waals surface area (Å²) in [7, 11) is 0. The van der Waals surface area contributed by atoms with Crippen molar-refractivity contribution < 1.29 is 29.4 Å². The minimum Gasteiger partial charge on any atom is -0.481 e. The predicted molar refractivity (Wildman–Crippen MR) is 143 cm³/mol. The number of carbonyl (C=O) groups excluding carboxylic acids is 1. The van der Waals surface area contributed by atoms with Crippen LogP contribution in [-0.2, 0) is 9.53 Å². The largest absolute Gasteiger partial charge is 0.481 e. The van der Waals surface area contributed by atoms with Gasteiger partial charge in [-0.2, -0.15) is 5.90 Å². The standard InChI is InChI=1S/C31H45NO6/c1-18(8-11-27(34)35)22-9-10-23-28-24(13-15-31(22,23)3)30(2)14-12-20(16-19(30)17-25(28)33)37-29(36)21-6-4-5-7-26(21)38-32/h4-7,18-20,22-25,28,33H,8-17,32H2,1-3H3,(H,34,35)/t18-,19?,20+,22-,23+,24+,25+,28+,30+,31-/m1/s1. The predicted octanol–water partition coefficient (Wildman–Crippen LogP) is 5.60. The first kappa shape index (κ1) is 27.4. The van der Waals surface area contributed by atoms with Crippen LogP contribution in [0.3, 0.4) is 0 Å². The fourth-order valence-corrected chi connectivity index (χ4v) is 9.77. The Labute approximate surface area is 226 Å². The quantitative estimate of drug-likeness (QED) is 0.312. The molecule has 4 saturated carbocycles. The van der Waals surface area contributed by atoms with Crippen molar-refractivity contribution in [3.8, 4) is 5.75 Å². The van der Waals surface area contributed by atoms with Crippen LogP contribution in [-0.4, -0.2) is 34.4 Å². The Balaban J connectivity index is 1.28. The normalized spacial score (nSPS) is 40.8. The molecule has 210 valence electrons. The molecule has 7 nitrogen and oxygen atoms in total. The van der Waals surface area contributed by atoms with Gasteiger partial charge < -0.3 is 19.8 Å². The highest BCUT2D eigenvalue weighted by Crippen LogP contribution is 2.68. The zero-order valence-electron chi connectivity index (χ0n) is 23.1. The number of aliphatic hydroxyl groups excluding tert-OH is 1. The van der Waals surface area contributed by atoms with Crippen molar-refractivity contribution in [3.05, 3.63) is 29.8 Å². The summed E-state index contributed by atoms with van der Waals surface area (Å²) in [6.07, 6.45) is 8.41. The average molecular weight is 528 g/mol. The van der Waals surface area contributed by atoms with Crippen LogP contribution in [0.1, 0.15) is 95.3 Å². The molecule has 7 heteroatoms. The number of para-hydroxylation sites is 1. The van der Waals surface area contributed by atoms with Gasteiger partial charge in [0.05, 0.1) is 6.10 Å². The zero-order valence-corrected chi connectivity index (χ0v) is 23.1. The Morgan fingerprint density at radius 3 is 2.50 bits per heavy atom. The lowest BCUT2D eigenvalue weighted by Crippen LogP contribution is -2.58. The van der Waals surface area contributed by atoms with Crippen molar-refractivity contribution in [1.29, 1.82) is 0 Å². The van der Waals surface area contributed by atoms with Gasteiger partial charge in [-0.25, -0.2) is 4.79 Å². The Morgan fingerprint density at radius 1 is 1.05 bits per heavy atom. The van der Waals surface area contributed by atoms with Gasteiger partial charge in [-0.3, -0.25) is 4.79 Å². The van der Waals surface area contributed by atoms with E-state index in [1.54, 1.807) is 24.3 Å². The van der Waals surface area contributed by atoms with Crippen LogP contribution in [0.4, 0.5) is 0 Å². The molecule has 10 atom stereocenters. The molecule has 0 radical (unpaired) electrons. The molecule has 4 aliphatic carbocycles. The number of carboxylic acid groups (broad SMARTS) is 1. The maximum absolute atomic E-state index is 12.9. The molecule has 0 bridgehead atoms. The molecule has 1 aromatic carbocycles. The first-order valence-corrected chi connectivity index (χ1v) is 14.6. The number of benzene rings is 1. The van der Waals surface area contributed by atoms with E-state index in [0.29, 0.717) is 46.8 Å². The second-order valence-corrected chi connectivity index (χ2v) is 13.3. The third kappa shape index (κ3) is 4.64. The third-order valence-corrected chi connectivity index (χ3v) is 11.7. The topological polar surface area (TPSA) is 119 Å². The van der Waals surface area contributed by atoms with Crippen LogP contribution >= 0.6 is 0 Å². The van der Waals surface area contributed by atoms with E-state index in [0.717, 1.165) is 57.8 Å². The Hall–Kier alpha value is -2.12. The molecule has 4 fully saturated rings. The highest BCUT2D eigenvalue weighted by Gasteiger charge is 2.63. The Bertz CT molecular complexity index is 1040. The van der Waals surface area contributed by atoms with Crippen LogP contribution in [0.25, 0.3) is 0 Å². The third-order valence-electron chi connectivity index (χ3n) is 11.7. The summed E-state index contributed by atoms with van der Waals surface area (Å²) in [6, 6.07) is 6.86. The average Bonchev–Trinajstić information content (AvgIpc) is 3.25. The van der Waals surface area contributed by atoms with E-state index in [9.17, 15) is 19.8 Å². The van der Waals surface area contributed by atoms with Crippen molar-refractivity contribution in [2.45, 2.75) is 97.2 Å². The number of rotatable bonds is 7. The van der Waals surface area contributed by atoms with Gasteiger partial charge in [0.1, 0.15) is 11.7 Å². The lowest BCUT2D eigenvalue weighted by atomic mass is 9.43. The SMILES string of the molecule is C[C@H](CCC(=O)O)[C@H]1CC[C@H]2[C@@H]3[C@@H](O)CC4C[C@@H](OC(=O)c5ccccc5ON)CC[C@]4(C)[C@H]3CC[C@]12C. The van der Waals surface area contributed by atoms with E-state index >= 15 is 0 Å². The first-order chi connectivity index (χ1) is 18.1. The summed E-state index contributed by atoms with van der Waals surface area (Å²) in [5, 5.41) is 20.8. The summed E-state index contributed by atoms with van der Waals surface area (Å²) in [6.45, 7) is 7.10. The van der Waals surface area contributed by atoms with E-state index in [1.807, 2.05) is 0 Å². The van der Waals surface area contributed by atoms with Gasteiger partial charge in [0, 0.05) is 6.42 Å². The number of carboxylic acids is 1. The molecule has 5 rings (SSSR count). The van der Waals surface area contributed by atoms with Gasteiger partial charge in [0.25, 0.3) is 0 Å². The maximum Gasteiger partial charge on any atom is 0.342 e. The minimum absolute atomic E-state index is 0.138. The maximum atomic E-state index is 12.9. The van der Waals surface area contributed by atoms with Crippen LogP contribution in [0.2, 0.25) is 0 Å². The number of hydrogen-bond acceptors (Lipinski definition) is 6. The molecule has 0 amide bonds. The highest BCUT2D eigenvalue weighted by molar-refractivity contribution is 5.92. The molecule has 0 aromatic heterocycles. The van der Waals surface area contributed by atoms with Crippen molar-refractivity contribution in [2.75, 3.05) is 0 Å². The molecule has 0 saturated heterocycles. The number of aliphatic carboxylic acids is 1. The number of fused-ring (bicyclic) bond motifs is 5. The van der Waals surface area contributed by atoms with E-state index < -0.39 is 11.9 Å². The van der Waals surface area contributed by atoms with E-state index in [4.69, 9.17) is 15.5 Å². The summed E-state index contributed by atoms with van der Waals surface area (Å²) >= 11 is 0. The Morgan fingerprint density at radius 2 is 1.76 bits per heavy atom. The van der Waals surface area contributed by atoms with Crippen molar-refractivity contribution >= 4 is 11.9 Å². The van der Waals surface area contributed by atoms with Crippen LogP contribution in [0, 0.1) is 46.3 Å². The number of nitrogens with two attached hydrogens (primary N) is 1. The highest BCUT2D eigenvalue weighted by atomic mass is 16.6. The molecule has 0 aliphatic heterocycles. The van der Waals surface area contributed by atoms with Crippen LogP contribution in [0.15, 0.2) is 24.3 Å². The van der Waals surface area contributed by atoms with Gasteiger partial charge in [0.15, 0.2) is 5.75 Å². The fraction of sp³-hybridized carbons (Fsp3) is 0.742. The summed E-state index contributed by atoms with van der Waals surface area (Å²) < 4.78 is 5.95. The smallest absolute Gasteiger partial charge is 0.342 e. The molecule has 1 unspecified atom stereocenters. The number of hydrogen-bond donors (Lipinski definition) is 3. The monoisotopic (exact) mass is 527 g/mol. The number of esters is 1. The molecule has 4 aliphatic rings. The van der Waals surface area contributed by atoms with Crippen molar-refractivity contribution in [2.24, 2.45) is 52.2 Å². The number of ether oxygens (including phenoxy) is 1. The van der Waals surface area contributed by atoms with Gasteiger partial charge >= 0.3 is 11.9 Å². The van der Waals surface area contributed by atoms with Crippen molar-refractivity contribution in [3.63, 3.8) is 0 Å². The molecule has 4 N–H and O–H groups in total. The summed E-state index contributed by atoms with van der Waals surface area (Å²) in [5.41, 5.74) is 0.653. The lowest BCUT2D eigenvalue weighted by molar-refractivity contribution is -0.174. The zero-order chi connectivity index (χ0) is 27.2. The van der Waals surface area contributed by atoms with E-state index in [2.05, 4.69) is 20.8 Å².